The van der Waals surface area contributed by atoms with Crippen molar-refractivity contribution in [2.24, 2.45) is 5.73 Å². The lowest BCUT2D eigenvalue weighted by Crippen LogP contribution is -2.37. The lowest BCUT2D eigenvalue weighted by atomic mass is 10.0. The summed E-state index contributed by atoms with van der Waals surface area (Å²) in [5.74, 6) is 1.25. The van der Waals surface area contributed by atoms with Crippen molar-refractivity contribution in [2.75, 3.05) is 13.1 Å². The number of carbonyl (C=O) groups is 1. The number of aryl methyl sites for hydroxylation is 1. The minimum Gasteiger partial charge on any atom is -0.457 e. The second-order valence-electron chi connectivity index (χ2n) is 9.08. The molecule has 3 aromatic carbocycles. The number of ether oxygens (including phenoxy) is 1. The van der Waals surface area contributed by atoms with Crippen molar-refractivity contribution in [1.29, 1.82) is 0 Å². The van der Waals surface area contributed by atoms with Gasteiger partial charge in [-0.25, -0.2) is 4.79 Å². The molecule has 0 aliphatic carbocycles. The van der Waals surface area contributed by atoms with Crippen molar-refractivity contribution in [3.05, 3.63) is 94.9 Å². The Hall–Kier alpha value is -3.84. The van der Waals surface area contributed by atoms with E-state index in [1.165, 1.54) is 5.56 Å². The number of hydrogen-bond acceptors (Lipinski definition) is 4. The molecule has 0 bridgehead atoms. The van der Waals surface area contributed by atoms with E-state index in [9.17, 15) is 9.59 Å². The van der Waals surface area contributed by atoms with Crippen molar-refractivity contribution in [3.8, 4) is 11.5 Å². The average molecular weight is 471 g/mol. The van der Waals surface area contributed by atoms with Gasteiger partial charge in [-0.2, -0.15) is 0 Å². The van der Waals surface area contributed by atoms with Gasteiger partial charge in [0.1, 0.15) is 11.5 Å². The van der Waals surface area contributed by atoms with Gasteiger partial charge in [0.05, 0.1) is 11.0 Å². The fraction of sp³-hybridized carbons (Fsp3) is 0.286. The SMILES string of the molecule is NC(=O)CCn1c(=O)n(C2CCN(Cc3cccc(Oc4ccccc4)c3)CC2)c2ccccc21. The lowest BCUT2D eigenvalue weighted by Gasteiger charge is -2.32. The number of benzene rings is 3. The minimum absolute atomic E-state index is 0.0586. The van der Waals surface area contributed by atoms with Gasteiger partial charge >= 0.3 is 5.69 Å². The molecule has 7 nitrogen and oxygen atoms in total. The van der Waals surface area contributed by atoms with Crippen LogP contribution in [0.2, 0.25) is 0 Å². The van der Waals surface area contributed by atoms with E-state index in [1.54, 1.807) is 4.57 Å². The van der Waals surface area contributed by atoms with Crippen LogP contribution in [0, 0.1) is 0 Å². The van der Waals surface area contributed by atoms with Crippen LogP contribution in [0.1, 0.15) is 30.9 Å². The first-order valence-electron chi connectivity index (χ1n) is 12.1. The maximum Gasteiger partial charge on any atom is 0.329 e. The maximum atomic E-state index is 13.3. The van der Waals surface area contributed by atoms with Crippen molar-refractivity contribution < 1.29 is 9.53 Å². The predicted octanol–water partition coefficient (Wildman–Crippen LogP) is 4.31. The van der Waals surface area contributed by atoms with Crippen molar-refractivity contribution in [2.45, 2.75) is 38.4 Å². The second kappa shape index (κ2) is 10.2. The van der Waals surface area contributed by atoms with Crippen LogP contribution in [0.5, 0.6) is 11.5 Å². The highest BCUT2D eigenvalue weighted by atomic mass is 16.5. The molecule has 0 saturated carbocycles. The van der Waals surface area contributed by atoms with Gasteiger partial charge in [0, 0.05) is 38.6 Å². The zero-order chi connectivity index (χ0) is 24.2. The van der Waals surface area contributed by atoms with E-state index < -0.39 is 5.91 Å². The average Bonchev–Trinajstić information content (AvgIpc) is 3.15. The Morgan fingerprint density at radius 2 is 1.57 bits per heavy atom. The molecule has 5 rings (SSSR count). The third-order valence-corrected chi connectivity index (χ3v) is 6.66. The molecule has 180 valence electrons. The number of nitrogens with two attached hydrogens (primary N) is 1. The van der Waals surface area contributed by atoms with Crippen LogP contribution in [0.15, 0.2) is 83.7 Å². The third kappa shape index (κ3) is 5.15. The van der Waals surface area contributed by atoms with E-state index >= 15 is 0 Å². The maximum absolute atomic E-state index is 13.3. The van der Waals surface area contributed by atoms with E-state index in [0.29, 0.717) is 6.54 Å². The summed E-state index contributed by atoms with van der Waals surface area (Å²) < 4.78 is 9.59. The van der Waals surface area contributed by atoms with Gasteiger partial charge in [0.25, 0.3) is 0 Å². The number of piperidine rings is 1. The number of imidazole rings is 1. The molecule has 4 aromatic rings. The molecule has 7 heteroatoms. The highest BCUT2D eigenvalue weighted by molar-refractivity contribution is 5.77. The van der Waals surface area contributed by atoms with E-state index in [2.05, 4.69) is 17.0 Å². The molecule has 0 spiro atoms. The molecule has 1 amide bonds. The predicted molar refractivity (Wildman–Crippen MR) is 137 cm³/mol. The summed E-state index contributed by atoms with van der Waals surface area (Å²) in [5, 5.41) is 0. The van der Waals surface area contributed by atoms with Gasteiger partial charge in [0.15, 0.2) is 0 Å². The summed E-state index contributed by atoms with van der Waals surface area (Å²) in [6, 6.07) is 26.0. The van der Waals surface area contributed by atoms with Gasteiger partial charge in [-0.1, -0.05) is 42.5 Å². The smallest absolute Gasteiger partial charge is 0.329 e. The van der Waals surface area contributed by atoms with Gasteiger partial charge in [-0.3, -0.25) is 18.8 Å². The molecule has 1 saturated heterocycles. The van der Waals surface area contributed by atoms with Crippen LogP contribution in [0.4, 0.5) is 0 Å². The highest BCUT2D eigenvalue weighted by Gasteiger charge is 2.25. The first kappa shape index (κ1) is 22.9. The number of nitrogens with zero attached hydrogens (tertiary/aromatic N) is 3. The molecule has 1 fully saturated rings. The number of aromatic nitrogens is 2. The number of carbonyl (C=O) groups excluding carboxylic acids is 1. The molecular weight excluding hydrogens is 440 g/mol. The van der Waals surface area contributed by atoms with E-state index in [4.69, 9.17) is 10.5 Å². The Morgan fingerprint density at radius 1 is 0.886 bits per heavy atom. The summed E-state index contributed by atoms with van der Waals surface area (Å²) in [4.78, 5) is 27.0. The monoisotopic (exact) mass is 470 g/mol. The Bertz CT molecular complexity index is 1370. The number of amides is 1. The van der Waals surface area contributed by atoms with Crippen LogP contribution < -0.4 is 16.2 Å². The van der Waals surface area contributed by atoms with E-state index in [0.717, 1.165) is 55.0 Å². The number of primary amides is 1. The molecular formula is C28H30N4O3. The van der Waals surface area contributed by atoms with Gasteiger partial charge in [-0.05, 0) is 54.8 Å². The molecule has 0 radical (unpaired) electrons. The first-order chi connectivity index (χ1) is 17.1. The molecule has 1 aliphatic heterocycles. The van der Waals surface area contributed by atoms with Crippen molar-refractivity contribution in [1.82, 2.24) is 14.0 Å². The number of para-hydroxylation sites is 3. The summed E-state index contributed by atoms with van der Waals surface area (Å²) in [5.41, 5.74) is 8.26. The molecule has 0 unspecified atom stereocenters. The normalized spacial score (nSPS) is 14.9. The Balaban J connectivity index is 1.27. The Kier molecular flexibility index (Phi) is 6.68. The number of hydrogen-bond donors (Lipinski definition) is 1. The van der Waals surface area contributed by atoms with Crippen LogP contribution >= 0.6 is 0 Å². The fourth-order valence-electron chi connectivity index (χ4n) is 4.95. The second-order valence-corrected chi connectivity index (χ2v) is 9.08. The standard InChI is InChI=1S/C28H30N4O3/c29-27(33)15-18-31-25-11-4-5-12-26(25)32(28(31)34)22-13-16-30(17-14-22)20-21-7-6-10-24(19-21)35-23-8-2-1-3-9-23/h1-12,19,22H,13-18,20H2,(H2,29,33). The van der Waals surface area contributed by atoms with Gasteiger partial charge in [-0.15, -0.1) is 0 Å². The summed E-state index contributed by atoms with van der Waals surface area (Å²) in [6.07, 6.45) is 1.94. The van der Waals surface area contributed by atoms with Gasteiger partial charge < -0.3 is 10.5 Å². The number of fused-ring (bicyclic) bond motifs is 1. The van der Waals surface area contributed by atoms with Crippen LogP contribution in [0.3, 0.4) is 0 Å². The summed E-state index contributed by atoms with van der Waals surface area (Å²) >= 11 is 0. The zero-order valence-electron chi connectivity index (χ0n) is 19.7. The minimum atomic E-state index is -0.403. The van der Waals surface area contributed by atoms with Crippen LogP contribution in [-0.2, 0) is 17.9 Å². The molecule has 2 heterocycles. The summed E-state index contributed by atoms with van der Waals surface area (Å²) in [7, 11) is 0. The molecule has 1 aromatic heterocycles. The largest absolute Gasteiger partial charge is 0.457 e. The fourth-order valence-corrected chi connectivity index (χ4v) is 4.95. The van der Waals surface area contributed by atoms with Gasteiger partial charge in [0.2, 0.25) is 5.91 Å². The number of likely N-dealkylation sites (tertiary alicyclic amines) is 1. The molecule has 0 atom stereocenters. The Morgan fingerprint density at radius 3 is 2.31 bits per heavy atom. The van der Waals surface area contributed by atoms with E-state index in [1.807, 2.05) is 71.3 Å². The topological polar surface area (TPSA) is 82.5 Å². The van der Waals surface area contributed by atoms with Crippen molar-refractivity contribution in [3.63, 3.8) is 0 Å². The molecule has 35 heavy (non-hydrogen) atoms. The number of rotatable bonds is 8. The molecule has 1 aliphatic rings. The van der Waals surface area contributed by atoms with Crippen LogP contribution in [0.25, 0.3) is 11.0 Å². The van der Waals surface area contributed by atoms with Crippen LogP contribution in [-0.4, -0.2) is 33.0 Å². The van der Waals surface area contributed by atoms with Crippen molar-refractivity contribution >= 4 is 16.9 Å². The summed E-state index contributed by atoms with van der Waals surface area (Å²) in [6.45, 7) is 2.96. The highest BCUT2D eigenvalue weighted by Crippen LogP contribution is 2.28. The molecule has 2 N–H and O–H groups in total. The third-order valence-electron chi connectivity index (χ3n) is 6.66. The first-order valence-corrected chi connectivity index (χ1v) is 12.1. The van der Waals surface area contributed by atoms with E-state index in [-0.39, 0.29) is 18.2 Å². The quantitative estimate of drug-likeness (QED) is 0.416. The lowest BCUT2D eigenvalue weighted by molar-refractivity contribution is -0.118. The Labute approximate surface area is 204 Å². The zero-order valence-corrected chi connectivity index (χ0v) is 19.7.